The lowest BCUT2D eigenvalue weighted by Gasteiger charge is -2.17. The van der Waals surface area contributed by atoms with Crippen LogP contribution in [0.15, 0.2) is 48.8 Å². The van der Waals surface area contributed by atoms with Gasteiger partial charge in [0.2, 0.25) is 0 Å². The first-order valence-electron chi connectivity index (χ1n) is 6.58. The Morgan fingerprint density at radius 1 is 1.24 bits per heavy atom. The second kappa shape index (κ2) is 5.36. The number of amides is 1. The lowest BCUT2D eigenvalue weighted by Crippen LogP contribution is -2.27. The fourth-order valence-corrected chi connectivity index (χ4v) is 2.34. The number of hydrogen-bond donors (Lipinski definition) is 1. The van der Waals surface area contributed by atoms with Crippen LogP contribution in [-0.4, -0.2) is 27.8 Å². The average Bonchev–Trinajstić information content (AvgIpc) is 3.00. The van der Waals surface area contributed by atoms with Gasteiger partial charge in [0.1, 0.15) is 11.6 Å². The van der Waals surface area contributed by atoms with E-state index in [0.29, 0.717) is 28.7 Å². The molecule has 0 atom stereocenters. The van der Waals surface area contributed by atoms with Gasteiger partial charge in [0.25, 0.3) is 5.91 Å². The van der Waals surface area contributed by atoms with Crippen LogP contribution >= 0.6 is 0 Å². The molecule has 4 nitrogen and oxygen atoms in total. The zero-order chi connectivity index (χ0) is 14.8. The molecule has 2 aromatic carbocycles. The molecule has 0 fully saturated rings. The molecule has 0 unspecified atom stereocenters. The predicted molar refractivity (Wildman–Crippen MR) is 78.3 cm³/mol. The van der Waals surface area contributed by atoms with Crippen LogP contribution in [0.3, 0.4) is 0 Å². The zero-order valence-electron chi connectivity index (χ0n) is 11.5. The maximum Gasteiger partial charge on any atom is 0.254 e. The fraction of sp³-hybridized carbons (Fsp3) is 0.125. The van der Waals surface area contributed by atoms with Crippen LogP contribution in [-0.2, 0) is 6.54 Å². The summed E-state index contributed by atoms with van der Waals surface area (Å²) in [5.41, 5.74) is 0.487. The largest absolute Gasteiger partial charge is 0.347 e. The first-order valence-corrected chi connectivity index (χ1v) is 6.58. The molecule has 5 heteroatoms. The molecule has 0 saturated heterocycles. The highest BCUT2D eigenvalue weighted by atomic mass is 19.1. The molecular weight excluding hydrogens is 269 g/mol. The van der Waals surface area contributed by atoms with Gasteiger partial charge in [0, 0.05) is 30.4 Å². The third-order valence-electron chi connectivity index (χ3n) is 3.39. The van der Waals surface area contributed by atoms with Crippen LogP contribution in [0.2, 0.25) is 0 Å². The second-order valence-corrected chi connectivity index (χ2v) is 4.84. The van der Waals surface area contributed by atoms with Crippen LogP contribution in [0.5, 0.6) is 0 Å². The van der Waals surface area contributed by atoms with Gasteiger partial charge < -0.3 is 9.88 Å². The monoisotopic (exact) mass is 283 g/mol. The van der Waals surface area contributed by atoms with Crippen LogP contribution < -0.4 is 0 Å². The highest BCUT2D eigenvalue weighted by Gasteiger charge is 2.16. The van der Waals surface area contributed by atoms with Crippen molar-refractivity contribution in [3.63, 3.8) is 0 Å². The Balaban J connectivity index is 1.96. The lowest BCUT2D eigenvalue weighted by molar-refractivity contribution is 0.0784. The molecular formula is C16H14FN3O. The Labute approximate surface area is 121 Å². The summed E-state index contributed by atoms with van der Waals surface area (Å²) in [5, 5.41) is 1.07. The highest BCUT2D eigenvalue weighted by molar-refractivity contribution is 6.07. The van der Waals surface area contributed by atoms with Crippen molar-refractivity contribution in [3.05, 3.63) is 66.0 Å². The van der Waals surface area contributed by atoms with Gasteiger partial charge in [0.05, 0.1) is 6.54 Å². The summed E-state index contributed by atoms with van der Waals surface area (Å²) in [7, 11) is 1.70. The van der Waals surface area contributed by atoms with E-state index in [-0.39, 0.29) is 11.7 Å². The summed E-state index contributed by atoms with van der Waals surface area (Å²) in [6.45, 7) is 0.373. The van der Waals surface area contributed by atoms with Gasteiger partial charge >= 0.3 is 0 Å². The molecule has 0 aliphatic rings. The molecule has 0 saturated carbocycles. The number of rotatable bonds is 3. The quantitative estimate of drug-likeness (QED) is 0.803. The number of fused-ring (bicyclic) bond motifs is 1. The van der Waals surface area contributed by atoms with Gasteiger partial charge in [-0.25, -0.2) is 9.37 Å². The first-order chi connectivity index (χ1) is 10.2. The third-order valence-corrected chi connectivity index (χ3v) is 3.39. The minimum absolute atomic E-state index is 0.164. The Morgan fingerprint density at radius 2 is 2.00 bits per heavy atom. The smallest absolute Gasteiger partial charge is 0.254 e. The maximum absolute atomic E-state index is 13.8. The summed E-state index contributed by atoms with van der Waals surface area (Å²) in [4.78, 5) is 21.2. The highest BCUT2D eigenvalue weighted by Crippen LogP contribution is 2.23. The minimum atomic E-state index is -0.323. The molecule has 21 heavy (non-hydrogen) atoms. The number of nitrogens with one attached hydrogen (secondary N) is 1. The number of benzene rings is 2. The molecule has 1 amide bonds. The molecule has 1 aromatic heterocycles. The van der Waals surface area contributed by atoms with Gasteiger partial charge in [-0.2, -0.15) is 0 Å². The van der Waals surface area contributed by atoms with Gasteiger partial charge in [-0.15, -0.1) is 0 Å². The number of carbonyl (C=O) groups excluding carboxylic acids is 1. The van der Waals surface area contributed by atoms with E-state index in [0.717, 1.165) is 0 Å². The molecule has 106 valence electrons. The molecule has 0 aliphatic carbocycles. The van der Waals surface area contributed by atoms with Crippen molar-refractivity contribution < 1.29 is 9.18 Å². The number of aromatic nitrogens is 2. The third kappa shape index (κ3) is 2.50. The number of imidazole rings is 1. The van der Waals surface area contributed by atoms with E-state index in [1.165, 1.54) is 12.1 Å². The molecule has 0 spiro atoms. The zero-order valence-corrected chi connectivity index (χ0v) is 11.5. The Morgan fingerprint density at radius 3 is 2.71 bits per heavy atom. The normalized spacial score (nSPS) is 10.8. The second-order valence-electron chi connectivity index (χ2n) is 4.84. The van der Waals surface area contributed by atoms with E-state index in [4.69, 9.17) is 0 Å². The van der Waals surface area contributed by atoms with Gasteiger partial charge in [-0.1, -0.05) is 24.3 Å². The summed E-state index contributed by atoms with van der Waals surface area (Å²) >= 11 is 0. The van der Waals surface area contributed by atoms with Crippen molar-refractivity contribution >= 4 is 16.7 Å². The number of carbonyl (C=O) groups is 1. The van der Waals surface area contributed by atoms with Crippen LogP contribution in [0, 0.1) is 5.82 Å². The van der Waals surface area contributed by atoms with Crippen molar-refractivity contribution in [3.8, 4) is 0 Å². The predicted octanol–water partition coefficient (Wildman–Crippen LogP) is 2.97. The Kier molecular flexibility index (Phi) is 3.39. The maximum atomic E-state index is 13.8. The Hall–Kier alpha value is -2.69. The van der Waals surface area contributed by atoms with E-state index in [2.05, 4.69) is 9.97 Å². The van der Waals surface area contributed by atoms with E-state index in [1.54, 1.807) is 48.6 Å². The van der Waals surface area contributed by atoms with Crippen molar-refractivity contribution in [2.45, 2.75) is 6.54 Å². The topological polar surface area (TPSA) is 49.0 Å². The fourth-order valence-electron chi connectivity index (χ4n) is 2.34. The molecule has 3 aromatic rings. The van der Waals surface area contributed by atoms with E-state index in [9.17, 15) is 9.18 Å². The van der Waals surface area contributed by atoms with Gasteiger partial charge in [-0.3, -0.25) is 4.79 Å². The van der Waals surface area contributed by atoms with Crippen LogP contribution in [0.1, 0.15) is 16.2 Å². The van der Waals surface area contributed by atoms with Crippen molar-refractivity contribution in [2.24, 2.45) is 0 Å². The Bertz CT molecular complexity index is 783. The lowest BCUT2D eigenvalue weighted by atomic mass is 10.0. The molecule has 0 bridgehead atoms. The van der Waals surface area contributed by atoms with Crippen molar-refractivity contribution in [1.82, 2.24) is 14.9 Å². The van der Waals surface area contributed by atoms with E-state index in [1.807, 2.05) is 0 Å². The standard InChI is InChI=1S/C16H14FN3O/c1-20(10-15-18-8-9-19-15)16(21)13-6-7-14(17)12-5-3-2-4-11(12)13/h2-9H,10H2,1H3,(H,18,19). The van der Waals surface area contributed by atoms with Crippen LogP contribution in [0.25, 0.3) is 10.8 Å². The van der Waals surface area contributed by atoms with Crippen LogP contribution in [0.4, 0.5) is 4.39 Å². The summed E-state index contributed by atoms with van der Waals surface area (Å²) in [5.74, 6) is 0.218. The van der Waals surface area contributed by atoms with Crippen molar-refractivity contribution in [1.29, 1.82) is 0 Å². The average molecular weight is 283 g/mol. The summed E-state index contributed by atoms with van der Waals surface area (Å²) in [6.07, 6.45) is 3.35. The molecule has 3 rings (SSSR count). The summed E-state index contributed by atoms with van der Waals surface area (Å²) < 4.78 is 13.8. The summed E-state index contributed by atoms with van der Waals surface area (Å²) in [6, 6.07) is 9.84. The number of H-pyrrole nitrogens is 1. The first kappa shape index (κ1) is 13.3. The number of nitrogens with zero attached hydrogens (tertiary/aromatic N) is 2. The molecule has 0 aliphatic heterocycles. The SMILES string of the molecule is CN(Cc1ncc[nH]1)C(=O)c1ccc(F)c2ccccc12. The molecule has 1 heterocycles. The molecule has 0 radical (unpaired) electrons. The number of halogens is 1. The van der Waals surface area contributed by atoms with Gasteiger partial charge in [-0.05, 0) is 17.5 Å². The number of aromatic amines is 1. The van der Waals surface area contributed by atoms with Gasteiger partial charge in [0.15, 0.2) is 0 Å². The number of hydrogen-bond acceptors (Lipinski definition) is 2. The van der Waals surface area contributed by atoms with E-state index >= 15 is 0 Å². The molecule has 1 N–H and O–H groups in total. The minimum Gasteiger partial charge on any atom is -0.347 e. The van der Waals surface area contributed by atoms with Crippen molar-refractivity contribution in [2.75, 3.05) is 7.05 Å². The van der Waals surface area contributed by atoms with E-state index < -0.39 is 0 Å².